The Balaban J connectivity index is 1.17. The van der Waals surface area contributed by atoms with Crippen molar-refractivity contribution in [1.29, 1.82) is 0 Å². The molecule has 202 valence electrons. The van der Waals surface area contributed by atoms with Crippen molar-refractivity contribution in [3.05, 3.63) is 0 Å². The number of fused-ring (bicyclic) bond motifs is 10. The summed E-state index contributed by atoms with van der Waals surface area (Å²) < 4.78 is 2.41. The molecule has 35 heavy (non-hydrogen) atoms. The van der Waals surface area contributed by atoms with Crippen molar-refractivity contribution in [1.82, 2.24) is 0 Å². The van der Waals surface area contributed by atoms with Gasteiger partial charge in [-0.3, -0.25) is 0 Å². The third-order valence-electron chi connectivity index (χ3n) is 18.4. The van der Waals surface area contributed by atoms with Gasteiger partial charge in [-0.05, 0) is 0 Å². The van der Waals surface area contributed by atoms with Gasteiger partial charge >= 0.3 is 219 Å². The van der Waals surface area contributed by atoms with Crippen LogP contribution in [0.5, 0.6) is 0 Å². The predicted molar refractivity (Wildman–Crippen MR) is 179 cm³/mol. The van der Waals surface area contributed by atoms with E-state index in [1.807, 2.05) is 11.6 Å². The molecule has 8 atom stereocenters. The molecule has 0 aromatic carbocycles. The average molecular weight is 659 g/mol. The van der Waals surface area contributed by atoms with Crippen LogP contribution in [0.25, 0.3) is 0 Å². The first-order valence-corrected chi connectivity index (χ1v) is 43.0. The Hall–Kier alpha value is 3.11. The molecule has 1 spiro atoms. The fourth-order valence-electron chi connectivity index (χ4n) is 20.0. The zero-order valence-corrected chi connectivity index (χ0v) is 33.6. The van der Waals surface area contributed by atoms with Crippen LogP contribution in [-0.4, -0.2) is 63.5 Å². The summed E-state index contributed by atoms with van der Waals surface area (Å²) in [5.41, 5.74) is 0. The molecule has 8 unspecified atom stereocenters. The van der Waals surface area contributed by atoms with Crippen LogP contribution >= 0.6 is 31.8 Å². The molecule has 0 bridgehead atoms. The molecule has 0 N–H and O–H groups in total. The standard InChI is InChI=1S/C21H49P4Si4.C5H5.Fe/c1-26(2,3)16-22-24(18-28(7,8)9)20-14-13-15-21(20)25(19-29(10,11)12)23-17-27(4,5)6;1-2-4-5-3-1;/h13-15,22-23H,16-19H2,1-12H3;1-5H;. The summed E-state index contributed by atoms with van der Waals surface area (Å²) in [5.74, 6) is 7.09. The molecule has 0 aromatic heterocycles. The maximum absolute atomic E-state index is 3.34. The maximum atomic E-state index is 2.79. The molecular weight excluding hydrogens is 604 g/mol. The molecule has 0 saturated carbocycles. The van der Waals surface area contributed by atoms with Crippen LogP contribution in [0.1, 0.15) is 0 Å². The van der Waals surface area contributed by atoms with Crippen LogP contribution < -0.4 is 0 Å². The summed E-state index contributed by atoms with van der Waals surface area (Å²) in [5, 5.41) is 0. The SMILES string of the molecule is C[Si](C)(C)CPP(C[Si](C)(C)C)[C]12[CH]3[CH]4[CH]5[C]1(P(C[Si](C)(C)C)PC[Si](C)(C)C)[Fe]43521678[CH]2[CH]1[CH]6[CH]7[CH]28. The summed E-state index contributed by atoms with van der Waals surface area (Å²) >= 11 is 0. The summed E-state index contributed by atoms with van der Waals surface area (Å²) in [6, 6.07) is 0. The van der Waals surface area contributed by atoms with Gasteiger partial charge in [0, 0.05) is 0 Å². The van der Waals surface area contributed by atoms with Crippen molar-refractivity contribution < 1.29 is 6.51 Å². The van der Waals surface area contributed by atoms with Crippen LogP contribution in [0.2, 0.25) is 117 Å². The van der Waals surface area contributed by atoms with Crippen molar-refractivity contribution in [2.45, 2.75) is 125 Å². The minimum absolute atomic E-state index is 0.380. The van der Waals surface area contributed by atoms with Gasteiger partial charge in [0.25, 0.3) is 0 Å². The fraction of sp³-hybridized carbons (Fsp3) is 1.00. The van der Waals surface area contributed by atoms with E-state index in [1.165, 1.54) is 63.2 Å². The van der Waals surface area contributed by atoms with Crippen LogP contribution in [0, 0.1) is 0 Å². The van der Waals surface area contributed by atoms with Crippen molar-refractivity contribution in [3.8, 4) is 0 Å². The normalized spacial score (nSPS) is 70.9. The average Bonchev–Trinajstić information content (AvgIpc) is 3.58. The van der Waals surface area contributed by atoms with Crippen molar-refractivity contribution in [2.75, 3.05) is 23.1 Å². The van der Waals surface area contributed by atoms with Gasteiger partial charge in [-0.25, -0.2) is 0 Å². The molecule has 10 aliphatic rings. The number of rotatable bonds is 12. The molecule has 10 heterocycles. The fourth-order valence-corrected chi connectivity index (χ4v) is 179. The van der Waals surface area contributed by atoms with Crippen LogP contribution in [0.4, 0.5) is 0 Å². The minimum atomic E-state index is -3.34. The van der Waals surface area contributed by atoms with E-state index in [4.69, 9.17) is 0 Å². The van der Waals surface area contributed by atoms with E-state index in [-0.39, 0.29) is 0 Å². The van der Waals surface area contributed by atoms with E-state index >= 15 is 0 Å². The second-order valence-corrected chi connectivity index (χ2v) is 80.5. The van der Waals surface area contributed by atoms with Gasteiger partial charge < -0.3 is 0 Å². The molecule has 10 aliphatic heterocycles. The molecule has 10 fully saturated rings. The first kappa shape index (κ1) is 23.6. The van der Waals surface area contributed by atoms with E-state index in [9.17, 15) is 0 Å². The number of hydrogen-bond acceptors (Lipinski definition) is 0. The summed E-state index contributed by atoms with van der Waals surface area (Å²) in [6.07, 6.45) is 0. The zero-order valence-electron chi connectivity index (χ0n) is 24.7. The topological polar surface area (TPSA) is 0 Å². The van der Waals surface area contributed by atoms with Gasteiger partial charge in [0.15, 0.2) is 0 Å². The molecule has 9 heteroatoms. The molecule has 10 saturated heterocycles. The zero-order chi connectivity index (χ0) is 25.3. The summed E-state index contributed by atoms with van der Waals surface area (Å²) in [6.45, 7) is 29.7. The molecule has 0 amide bonds. The van der Waals surface area contributed by atoms with Gasteiger partial charge in [-0.2, -0.15) is 0 Å². The van der Waals surface area contributed by atoms with Crippen molar-refractivity contribution >= 4 is 64.1 Å². The van der Waals surface area contributed by atoms with E-state index in [0.717, 1.165) is 0 Å². The Bertz CT molecular complexity index is 1360. The van der Waals surface area contributed by atoms with Crippen LogP contribution in [0.15, 0.2) is 0 Å². The van der Waals surface area contributed by atoms with Gasteiger partial charge in [-0.15, -0.1) is 0 Å². The second kappa shape index (κ2) is 3.35. The van der Waals surface area contributed by atoms with E-state index in [2.05, 4.69) is 78.6 Å². The van der Waals surface area contributed by atoms with E-state index in [1.54, 1.807) is 11.6 Å². The second-order valence-electron chi connectivity index (χ2n) is 21.8. The summed E-state index contributed by atoms with van der Waals surface area (Å²) in [4.78, 5) is 12.3. The Morgan fingerprint density at radius 1 is 0.514 bits per heavy atom. The Labute approximate surface area is 217 Å². The van der Waals surface area contributed by atoms with Crippen LogP contribution in [0.3, 0.4) is 0 Å². The Kier molecular flexibility index (Phi) is 2.27. The monoisotopic (exact) mass is 658 g/mol. The first-order valence-electron chi connectivity index (χ1n) is 14.8. The van der Waals surface area contributed by atoms with Crippen molar-refractivity contribution in [3.63, 3.8) is 0 Å². The quantitative estimate of drug-likeness (QED) is 0.145. The molecule has 0 nitrogen and oxygen atoms in total. The Morgan fingerprint density at radius 2 is 0.829 bits per heavy atom. The van der Waals surface area contributed by atoms with Gasteiger partial charge in [-0.1, -0.05) is 0 Å². The molecular formula is C26H54FeP4Si4. The molecule has 0 radical (unpaired) electrons. The molecule has 10 rings (SSSR count). The third kappa shape index (κ3) is 0.656. The van der Waals surface area contributed by atoms with Gasteiger partial charge in [0.05, 0.1) is 0 Å². The van der Waals surface area contributed by atoms with Crippen LogP contribution in [-0.2, 0) is 6.51 Å². The molecule has 0 aromatic rings. The third-order valence-corrected chi connectivity index (χ3v) is 105. The Morgan fingerprint density at radius 3 is 1.03 bits per heavy atom. The first-order chi connectivity index (χ1) is 15.6. The van der Waals surface area contributed by atoms with Gasteiger partial charge in [0.1, 0.15) is 0 Å². The van der Waals surface area contributed by atoms with Gasteiger partial charge in [0.2, 0.25) is 0 Å². The van der Waals surface area contributed by atoms with E-state index < -0.39 is 38.8 Å². The summed E-state index contributed by atoms with van der Waals surface area (Å²) in [7, 11) is -0.263. The number of hydrogen-bond donors (Lipinski definition) is 0. The van der Waals surface area contributed by atoms with E-state index in [0.29, 0.717) is 15.2 Å². The molecule has 0 aliphatic carbocycles. The van der Waals surface area contributed by atoms with Crippen molar-refractivity contribution in [2.24, 2.45) is 0 Å². The predicted octanol–water partition coefficient (Wildman–Crippen LogP) is 10.9.